The van der Waals surface area contributed by atoms with Gasteiger partial charge in [0.25, 0.3) is 0 Å². The van der Waals surface area contributed by atoms with E-state index >= 15 is 0 Å². The second-order valence-electron chi connectivity index (χ2n) is 3.90. The van der Waals surface area contributed by atoms with Crippen LogP contribution >= 0.6 is 0 Å². The van der Waals surface area contributed by atoms with Gasteiger partial charge in [0.2, 0.25) is 0 Å². The lowest BCUT2D eigenvalue weighted by atomic mass is 10.3. The minimum absolute atomic E-state index is 0.361. The van der Waals surface area contributed by atoms with E-state index in [2.05, 4.69) is 4.98 Å². The molecule has 2 rings (SSSR count). The van der Waals surface area contributed by atoms with Gasteiger partial charge in [-0.05, 0) is 12.8 Å². The van der Waals surface area contributed by atoms with Gasteiger partial charge >= 0.3 is 0 Å². The van der Waals surface area contributed by atoms with Gasteiger partial charge in [-0.1, -0.05) is 0 Å². The lowest BCUT2D eigenvalue weighted by Crippen LogP contribution is -2.12. The summed E-state index contributed by atoms with van der Waals surface area (Å²) < 4.78 is 11.1. The number of pyridine rings is 1. The van der Waals surface area contributed by atoms with Gasteiger partial charge in [-0.2, -0.15) is 0 Å². The first kappa shape index (κ1) is 10.1. The van der Waals surface area contributed by atoms with Crippen molar-refractivity contribution in [2.45, 2.75) is 18.9 Å². The molecule has 1 saturated carbocycles. The number of hydrogen-bond acceptors (Lipinski definition) is 4. The molecule has 0 aromatic carbocycles. The normalized spacial score (nSPS) is 14.9. The second-order valence-corrected chi connectivity index (χ2v) is 3.90. The number of anilines is 1. The highest BCUT2D eigenvalue weighted by molar-refractivity contribution is 5.62. The highest BCUT2D eigenvalue weighted by atomic mass is 16.5. The van der Waals surface area contributed by atoms with E-state index in [1.165, 1.54) is 0 Å². The Hall–Kier alpha value is -1.45. The Kier molecular flexibility index (Phi) is 2.66. The van der Waals surface area contributed by atoms with E-state index in [1.54, 1.807) is 19.5 Å². The third-order valence-electron chi connectivity index (χ3n) is 2.36. The van der Waals surface area contributed by atoms with Crippen molar-refractivity contribution in [3.8, 4) is 11.5 Å². The molecule has 0 N–H and O–H groups in total. The summed E-state index contributed by atoms with van der Waals surface area (Å²) in [5, 5.41) is 0. The van der Waals surface area contributed by atoms with Gasteiger partial charge in [0.05, 0.1) is 25.6 Å². The summed E-state index contributed by atoms with van der Waals surface area (Å²) in [7, 11) is 5.57. The van der Waals surface area contributed by atoms with Crippen LogP contribution in [0.1, 0.15) is 12.8 Å². The molecule has 0 amide bonds. The Bertz CT molecular complexity index is 348. The Labute approximate surface area is 89.8 Å². The number of aromatic nitrogens is 1. The third-order valence-corrected chi connectivity index (χ3v) is 2.36. The predicted octanol–water partition coefficient (Wildman–Crippen LogP) is 1.70. The van der Waals surface area contributed by atoms with Crippen LogP contribution in [0.4, 0.5) is 5.69 Å². The van der Waals surface area contributed by atoms with Crippen LogP contribution in [-0.4, -0.2) is 32.3 Å². The minimum Gasteiger partial charge on any atom is -0.491 e. The number of hydrogen-bond donors (Lipinski definition) is 0. The molecule has 0 saturated heterocycles. The van der Waals surface area contributed by atoms with Gasteiger partial charge in [0, 0.05) is 14.1 Å². The summed E-state index contributed by atoms with van der Waals surface area (Å²) in [6, 6.07) is 0. The number of nitrogens with zero attached hydrogens (tertiary/aromatic N) is 2. The van der Waals surface area contributed by atoms with Crippen molar-refractivity contribution in [1.29, 1.82) is 0 Å². The van der Waals surface area contributed by atoms with Gasteiger partial charge in [-0.15, -0.1) is 0 Å². The molecule has 4 nitrogen and oxygen atoms in total. The molecule has 82 valence electrons. The molecule has 0 radical (unpaired) electrons. The monoisotopic (exact) mass is 208 g/mol. The van der Waals surface area contributed by atoms with E-state index in [0.29, 0.717) is 11.9 Å². The lowest BCUT2D eigenvalue weighted by molar-refractivity contribution is 0.282. The Morgan fingerprint density at radius 3 is 2.60 bits per heavy atom. The van der Waals surface area contributed by atoms with Crippen LogP contribution in [0.5, 0.6) is 11.5 Å². The number of methoxy groups -OCH3 is 1. The maximum atomic E-state index is 5.83. The molecule has 1 aliphatic carbocycles. The molecule has 0 atom stereocenters. The lowest BCUT2D eigenvalue weighted by Gasteiger charge is -2.19. The van der Waals surface area contributed by atoms with Crippen molar-refractivity contribution in [1.82, 2.24) is 4.98 Å². The SMILES string of the molecule is COc1cncc(N(C)C)c1OC1CC1. The maximum Gasteiger partial charge on any atom is 0.188 e. The van der Waals surface area contributed by atoms with Crippen LogP contribution in [0, 0.1) is 0 Å². The largest absolute Gasteiger partial charge is 0.491 e. The molecule has 15 heavy (non-hydrogen) atoms. The average molecular weight is 208 g/mol. The van der Waals surface area contributed by atoms with Gasteiger partial charge < -0.3 is 14.4 Å². The maximum absolute atomic E-state index is 5.83. The van der Waals surface area contributed by atoms with E-state index in [1.807, 2.05) is 19.0 Å². The van der Waals surface area contributed by atoms with Crippen molar-refractivity contribution in [3.05, 3.63) is 12.4 Å². The standard InChI is InChI=1S/C11H16N2O2/c1-13(2)9-6-12-7-10(14-3)11(9)15-8-4-5-8/h6-8H,4-5H2,1-3H3. The number of rotatable bonds is 4. The topological polar surface area (TPSA) is 34.6 Å². The molecule has 1 aliphatic rings. The van der Waals surface area contributed by atoms with Crippen LogP contribution in [-0.2, 0) is 0 Å². The zero-order chi connectivity index (χ0) is 10.8. The highest BCUT2D eigenvalue weighted by Crippen LogP contribution is 2.39. The fourth-order valence-corrected chi connectivity index (χ4v) is 1.35. The fourth-order valence-electron chi connectivity index (χ4n) is 1.35. The first-order valence-electron chi connectivity index (χ1n) is 5.08. The Balaban J connectivity index is 2.34. The first-order valence-corrected chi connectivity index (χ1v) is 5.08. The molecule has 1 aromatic heterocycles. The summed E-state index contributed by atoms with van der Waals surface area (Å²) in [4.78, 5) is 6.10. The zero-order valence-corrected chi connectivity index (χ0v) is 9.36. The quantitative estimate of drug-likeness (QED) is 0.754. The molecule has 0 bridgehead atoms. The van der Waals surface area contributed by atoms with Crippen LogP contribution in [0.3, 0.4) is 0 Å². The average Bonchev–Trinajstić information content (AvgIpc) is 3.01. The van der Waals surface area contributed by atoms with Crippen LogP contribution < -0.4 is 14.4 Å². The zero-order valence-electron chi connectivity index (χ0n) is 9.36. The van der Waals surface area contributed by atoms with Crippen molar-refractivity contribution < 1.29 is 9.47 Å². The number of ether oxygens (including phenoxy) is 2. The van der Waals surface area contributed by atoms with Gasteiger partial charge in [-0.3, -0.25) is 4.98 Å². The molecule has 1 fully saturated rings. The molecular formula is C11H16N2O2. The van der Waals surface area contributed by atoms with Crippen LogP contribution in [0.2, 0.25) is 0 Å². The van der Waals surface area contributed by atoms with Gasteiger partial charge in [0.15, 0.2) is 11.5 Å². The Morgan fingerprint density at radius 1 is 1.33 bits per heavy atom. The van der Waals surface area contributed by atoms with Crippen molar-refractivity contribution in [3.63, 3.8) is 0 Å². The molecule has 1 heterocycles. The summed E-state index contributed by atoms with van der Waals surface area (Å²) in [6.07, 6.45) is 6.11. The van der Waals surface area contributed by atoms with E-state index in [9.17, 15) is 0 Å². The first-order chi connectivity index (χ1) is 7.22. The van der Waals surface area contributed by atoms with Crippen LogP contribution in [0.15, 0.2) is 12.4 Å². The third kappa shape index (κ3) is 2.14. The Morgan fingerprint density at radius 2 is 2.07 bits per heavy atom. The van der Waals surface area contributed by atoms with Crippen LogP contribution in [0.25, 0.3) is 0 Å². The summed E-state index contributed by atoms with van der Waals surface area (Å²) in [5.74, 6) is 1.51. The fraction of sp³-hybridized carbons (Fsp3) is 0.545. The highest BCUT2D eigenvalue weighted by Gasteiger charge is 2.26. The second kappa shape index (κ2) is 3.96. The smallest absolute Gasteiger partial charge is 0.188 e. The molecular weight excluding hydrogens is 192 g/mol. The van der Waals surface area contributed by atoms with E-state index in [0.717, 1.165) is 24.3 Å². The van der Waals surface area contributed by atoms with E-state index < -0.39 is 0 Å². The molecule has 0 unspecified atom stereocenters. The molecule has 0 spiro atoms. The minimum atomic E-state index is 0.361. The molecule has 0 aliphatic heterocycles. The van der Waals surface area contributed by atoms with E-state index in [4.69, 9.17) is 9.47 Å². The van der Waals surface area contributed by atoms with E-state index in [-0.39, 0.29) is 0 Å². The predicted molar refractivity (Wildman–Crippen MR) is 58.8 cm³/mol. The van der Waals surface area contributed by atoms with Gasteiger partial charge in [0.1, 0.15) is 5.69 Å². The summed E-state index contributed by atoms with van der Waals surface area (Å²) in [6.45, 7) is 0. The van der Waals surface area contributed by atoms with Crippen molar-refractivity contribution in [2.75, 3.05) is 26.1 Å². The summed E-state index contributed by atoms with van der Waals surface area (Å²) in [5.41, 5.74) is 0.959. The molecule has 4 heteroatoms. The van der Waals surface area contributed by atoms with Crippen molar-refractivity contribution in [2.24, 2.45) is 0 Å². The van der Waals surface area contributed by atoms with Gasteiger partial charge in [-0.25, -0.2) is 0 Å². The summed E-state index contributed by atoms with van der Waals surface area (Å²) >= 11 is 0. The van der Waals surface area contributed by atoms with Crippen molar-refractivity contribution >= 4 is 5.69 Å². The molecule has 1 aromatic rings.